The fourth-order valence-corrected chi connectivity index (χ4v) is 3.33. The molecule has 0 spiro atoms. The highest BCUT2D eigenvalue weighted by atomic mass is 79.9. The van der Waals surface area contributed by atoms with Crippen LogP contribution in [-0.2, 0) is 9.59 Å². The normalized spacial score (nSPS) is 16.5. The first-order valence-corrected chi connectivity index (χ1v) is 8.90. The van der Waals surface area contributed by atoms with E-state index in [-0.39, 0.29) is 18.2 Å². The van der Waals surface area contributed by atoms with Crippen molar-refractivity contribution < 1.29 is 19.1 Å². The number of nitrogens with one attached hydrogen (secondary N) is 1. The van der Waals surface area contributed by atoms with Gasteiger partial charge in [-0.25, -0.2) is 0 Å². The van der Waals surface area contributed by atoms with E-state index in [4.69, 9.17) is 9.47 Å². The zero-order valence-electron chi connectivity index (χ0n) is 14.5. The Morgan fingerprint density at radius 3 is 2.69 bits per heavy atom. The standard InChI is InChI=1S/C19H19BrN2O4/c1-25-15-6-7-17(26-2)16(10-15)22-11-12(8-18(22)23)19(24)21-14-5-3-4-13(20)9-14/h3-7,9-10,12H,8,11H2,1-2H3,(H,21,24). The summed E-state index contributed by atoms with van der Waals surface area (Å²) >= 11 is 3.38. The zero-order chi connectivity index (χ0) is 18.7. The maximum Gasteiger partial charge on any atom is 0.229 e. The lowest BCUT2D eigenvalue weighted by atomic mass is 10.1. The monoisotopic (exact) mass is 418 g/mol. The molecule has 0 saturated carbocycles. The van der Waals surface area contributed by atoms with Gasteiger partial charge in [-0.1, -0.05) is 22.0 Å². The van der Waals surface area contributed by atoms with Crippen molar-refractivity contribution >= 4 is 39.1 Å². The molecule has 2 aromatic carbocycles. The number of hydrogen-bond acceptors (Lipinski definition) is 4. The minimum absolute atomic E-state index is 0.119. The van der Waals surface area contributed by atoms with Gasteiger partial charge in [-0.3, -0.25) is 9.59 Å². The molecular weight excluding hydrogens is 400 g/mol. The molecule has 26 heavy (non-hydrogen) atoms. The van der Waals surface area contributed by atoms with E-state index >= 15 is 0 Å². The average Bonchev–Trinajstić information content (AvgIpc) is 3.03. The molecule has 136 valence electrons. The number of ether oxygens (including phenoxy) is 2. The van der Waals surface area contributed by atoms with E-state index in [9.17, 15) is 9.59 Å². The van der Waals surface area contributed by atoms with Crippen molar-refractivity contribution in [2.45, 2.75) is 6.42 Å². The molecule has 0 aromatic heterocycles. The Balaban J connectivity index is 1.77. The summed E-state index contributed by atoms with van der Waals surface area (Å²) in [4.78, 5) is 26.6. The van der Waals surface area contributed by atoms with Crippen molar-refractivity contribution in [2.24, 2.45) is 5.92 Å². The second-order valence-corrected chi connectivity index (χ2v) is 6.86. The van der Waals surface area contributed by atoms with Crippen molar-refractivity contribution in [3.8, 4) is 11.5 Å². The van der Waals surface area contributed by atoms with Crippen LogP contribution in [0.4, 0.5) is 11.4 Å². The molecule has 1 aliphatic rings. The summed E-state index contributed by atoms with van der Waals surface area (Å²) in [7, 11) is 3.11. The first-order chi connectivity index (χ1) is 12.5. The van der Waals surface area contributed by atoms with Crippen LogP contribution in [0.5, 0.6) is 11.5 Å². The summed E-state index contributed by atoms with van der Waals surface area (Å²) in [6.07, 6.45) is 0.153. The van der Waals surface area contributed by atoms with Crippen LogP contribution < -0.4 is 19.7 Å². The van der Waals surface area contributed by atoms with Crippen LogP contribution in [-0.4, -0.2) is 32.6 Å². The second-order valence-electron chi connectivity index (χ2n) is 5.94. The molecule has 1 N–H and O–H groups in total. The van der Waals surface area contributed by atoms with Crippen LogP contribution >= 0.6 is 15.9 Å². The predicted octanol–water partition coefficient (Wildman–Crippen LogP) is 3.46. The highest BCUT2D eigenvalue weighted by molar-refractivity contribution is 9.10. The van der Waals surface area contributed by atoms with Crippen LogP contribution in [0.2, 0.25) is 0 Å². The van der Waals surface area contributed by atoms with Gasteiger partial charge in [-0.15, -0.1) is 0 Å². The minimum Gasteiger partial charge on any atom is -0.497 e. The fraction of sp³-hybridized carbons (Fsp3) is 0.263. The largest absolute Gasteiger partial charge is 0.497 e. The average molecular weight is 419 g/mol. The van der Waals surface area contributed by atoms with Crippen molar-refractivity contribution in [1.29, 1.82) is 0 Å². The van der Waals surface area contributed by atoms with Crippen molar-refractivity contribution in [2.75, 3.05) is 31.0 Å². The van der Waals surface area contributed by atoms with Gasteiger partial charge in [0.05, 0.1) is 25.8 Å². The third-order valence-electron chi connectivity index (χ3n) is 4.26. The molecule has 2 aromatic rings. The summed E-state index contributed by atoms with van der Waals surface area (Å²) in [6.45, 7) is 0.294. The first-order valence-electron chi connectivity index (χ1n) is 8.10. The van der Waals surface area contributed by atoms with E-state index in [0.717, 1.165) is 4.47 Å². The molecule has 1 aliphatic heterocycles. The molecule has 0 radical (unpaired) electrons. The number of rotatable bonds is 5. The molecule has 1 atom stereocenters. The van der Waals surface area contributed by atoms with Crippen LogP contribution in [0.25, 0.3) is 0 Å². The molecule has 1 heterocycles. The van der Waals surface area contributed by atoms with Gasteiger partial charge in [0, 0.05) is 29.2 Å². The highest BCUT2D eigenvalue weighted by Gasteiger charge is 2.36. The quantitative estimate of drug-likeness (QED) is 0.806. The molecule has 1 saturated heterocycles. The van der Waals surface area contributed by atoms with E-state index in [1.807, 2.05) is 24.3 Å². The number of anilines is 2. The maximum atomic E-state index is 12.6. The van der Waals surface area contributed by atoms with Gasteiger partial charge in [0.2, 0.25) is 11.8 Å². The Morgan fingerprint density at radius 2 is 2.00 bits per heavy atom. The van der Waals surface area contributed by atoms with E-state index < -0.39 is 5.92 Å². The molecule has 7 heteroatoms. The van der Waals surface area contributed by atoms with Crippen molar-refractivity contribution in [1.82, 2.24) is 0 Å². The molecular formula is C19H19BrN2O4. The third-order valence-corrected chi connectivity index (χ3v) is 4.76. The number of carbonyl (C=O) groups is 2. The Labute approximate surface area is 160 Å². The van der Waals surface area contributed by atoms with E-state index in [1.165, 1.54) is 0 Å². The van der Waals surface area contributed by atoms with Gasteiger partial charge in [-0.2, -0.15) is 0 Å². The molecule has 3 rings (SSSR count). The molecule has 0 bridgehead atoms. The van der Waals surface area contributed by atoms with E-state index in [1.54, 1.807) is 37.3 Å². The Bertz CT molecular complexity index is 840. The SMILES string of the molecule is COc1ccc(OC)c(N2CC(C(=O)Nc3cccc(Br)c3)CC2=O)c1. The lowest BCUT2D eigenvalue weighted by molar-refractivity contribution is -0.122. The summed E-state index contributed by atoms with van der Waals surface area (Å²) in [5.74, 6) is 0.451. The molecule has 1 fully saturated rings. The van der Waals surface area contributed by atoms with Crippen LogP contribution in [0.1, 0.15) is 6.42 Å². The zero-order valence-corrected chi connectivity index (χ0v) is 16.1. The predicted molar refractivity (Wildman–Crippen MR) is 103 cm³/mol. The van der Waals surface area contributed by atoms with Gasteiger partial charge in [0.1, 0.15) is 11.5 Å². The summed E-state index contributed by atoms with van der Waals surface area (Å²) in [5, 5.41) is 2.86. The Morgan fingerprint density at radius 1 is 1.19 bits per heavy atom. The lowest BCUT2D eigenvalue weighted by Crippen LogP contribution is -2.28. The number of nitrogens with zero attached hydrogens (tertiary/aromatic N) is 1. The van der Waals surface area contributed by atoms with Gasteiger partial charge in [0.25, 0.3) is 0 Å². The fourth-order valence-electron chi connectivity index (χ4n) is 2.93. The molecule has 0 aliphatic carbocycles. The molecule has 2 amide bonds. The minimum atomic E-state index is -0.433. The Hall–Kier alpha value is -2.54. The number of benzene rings is 2. The number of methoxy groups -OCH3 is 2. The maximum absolute atomic E-state index is 12.6. The van der Waals surface area contributed by atoms with E-state index in [0.29, 0.717) is 29.4 Å². The van der Waals surface area contributed by atoms with E-state index in [2.05, 4.69) is 21.2 Å². The van der Waals surface area contributed by atoms with Gasteiger partial charge < -0.3 is 19.7 Å². The van der Waals surface area contributed by atoms with Crippen molar-refractivity contribution in [3.05, 3.63) is 46.9 Å². The van der Waals surface area contributed by atoms with Crippen LogP contribution in [0, 0.1) is 5.92 Å². The smallest absolute Gasteiger partial charge is 0.229 e. The van der Waals surface area contributed by atoms with Gasteiger partial charge in [0.15, 0.2) is 0 Å². The van der Waals surface area contributed by atoms with Crippen LogP contribution in [0.3, 0.4) is 0 Å². The first kappa shape index (κ1) is 18.3. The van der Waals surface area contributed by atoms with Crippen LogP contribution in [0.15, 0.2) is 46.9 Å². The highest BCUT2D eigenvalue weighted by Crippen LogP contribution is 2.36. The van der Waals surface area contributed by atoms with Gasteiger partial charge in [-0.05, 0) is 30.3 Å². The van der Waals surface area contributed by atoms with Crippen molar-refractivity contribution in [3.63, 3.8) is 0 Å². The lowest BCUT2D eigenvalue weighted by Gasteiger charge is -2.20. The molecule has 6 nitrogen and oxygen atoms in total. The topological polar surface area (TPSA) is 67.9 Å². The van der Waals surface area contributed by atoms with Gasteiger partial charge >= 0.3 is 0 Å². The third kappa shape index (κ3) is 3.83. The summed E-state index contributed by atoms with van der Waals surface area (Å²) in [5.41, 5.74) is 1.30. The molecule has 1 unspecified atom stereocenters. The Kier molecular flexibility index (Phi) is 5.46. The number of carbonyl (C=O) groups excluding carboxylic acids is 2. The summed E-state index contributed by atoms with van der Waals surface area (Å²) < 4.78 is 11.5. The number of halogens is 1. The number of amides is 2. The summed E-state index contributed by atoms with van der Waals surface area (Å²) in [6, 6.07) is 12.6. The second kappa shape index (κ2) is 7.78. The number of hydrogen-bond donors (Lipinski definition) is 1.